The second-order valence-electron chi connectivity index (χ2n) is 13.3. The van der Waals surface area contributed by atoms with Crippen LogP contribution in [-0.2, 0) is 6.42 Å². The predicted octanol–water partition coefficient (Wildman–Crippen LogP) is 5.14. The molecule has 1 unspecified atom stereocenters. The molecular formula is C30H42N2O4. The molecule has 6 nitrogen and oxygen atoms in total. The minimum absolute atomic E-state index is 0.185. The summed E-state index contributed by atoms with van der Waals surface area (Å²) in [7, 11) is 0. The normalized spacial score (nSPS) is 43.0. The topological polar surface area (TPSA) is 96.5 Å². The molecule has 6 heteroatoms. The standard InChI is InChI=1S/C30H42N2O4/c1-17(4-7-26-32-24-10-13-31-16-20(24)28(35)36-26)21-5-6-22-27-23(9-12-30(21,22)3)29(2)11-8-19(33)14-18(29)15-25(27)34/h10,13,16-19,21-23,25,27,33-34H,4-9,11-12,14-15H2,1-3H3/t17-,18+,19-,21-,22+,23?,25+,27+,29+,30-/m1/s1. The number of aliphatic hydroxyl groups is 2. The molecule has 0 amide bonds. The van der Waals surface area contributed by atoms with Crippen molar-refractivity contribution in [1.29, 1.82) is 0 Å². The molecule has 0 aliphatic heterocycles. The molecule has 196 valence electrons. The van der Waals surface area contributed by atoms with Gasteiger partial charge in [0.25, 0.3) is 0 Å². The van der Waals surface area contributed by atoms with Crippen molar-refractivity contribution >= 4 is 10.9 Å². The van der Waals surface area contributed by atoms with Gasteiger partial charge in [0, 0.05) is 18.8 Å². The molecule has 2 aromatic heterocycles. The Morgan fingerprint density at radius 2 is 1.86 bits per heavy atom. The molecule has 4 aliphatic carbocycles. The molecule has 0 aromatic carbocycles. The van der Waals surface area contributed by atoms with Gasteiger partial charge in [-0.25, -0.2) is 9.78 Å². The molecule has 2 aromatic rings. The van der Waals surface area contributed by atoms with E-state index >= 15 is 0 Å². The van der Waals surface area contributed by atoms with Gasteiger partial charge in [0.05, 0.1) is 17.7 Å². The number of fused-ring (bicyclic) bond motifs is 6. The summed E-state index contributed by atoms with van der Waals surface area (Å²) in [4.78, 5) is 21.0. The largest absolute Gasteiger partial charge is 0.408 e. The number of nitrogens with zero attached hydrogens (tertiary/aromatic N) is 2. The third-order valence-electron chi connectivity index (χ3n) is 11.7. The summed E-state index contributed by atoms with van der Waals surface area (Å²) in [5, 5.41) is 22.2. The van der Waals surface area contributed by atoms with Crippen molar-refractivity contribution in [2.45, 2.75) is 97.2 Å². The van der Waals surface area contributed by atoms with E-state index in [1.807, 2.05) is 0 Å². The van der Waals surface area contributed by atoms with Crippen molar-refractivity contribution in [3.05, 3.63) is 34.8 Å². The van der Waals surface area contributed by atoms with Crippen LogP contribution in [0, 0.1) is 46.3 Å². The Morgan fingerprint density at radius 1 is 1.08 bits per heavy atom. The van der Waals surface area contributed by atoms with E-state index in [2.05, 4.69) is 30.7 Å². The minimum Gasteiger partial charge on any atom is -0.408 e. The average Bonchev–Trinajstić information content (AvgIpc) is 3.21. The highest BCUT2D eigenvalue weighted by molar-refractivity contribution is 5.75. The van der Waals surface area contributed by atoms with Gasteiger partial charge in [-0.15, -0.1) is 0 Å². The van der Waals surface area contributed by atoms with Gasteiger partial charge in [0.1, 0.15) is 5.39 Å². The maximum Gasteiger partial charge on any atom is 0.348 e. The second kappa shape index (κ2) is 8.90. The van der Waals surface area contributed by atoms with Crippen molar-refractivity contribution in [3.63, 3.8) is 0 Å². The van der Waals surface area contributed by atoms with Gasteiger partial charge in [-0.05, 0) is 110 Å². The summed E-state index contributed by atoms with van der Waals surface area (Å²) in [5.41, 5.74) is 0.823. The first-order valence-electron chi connectivity index (χ1n) is 14.3. The predicted molar refractivity (Wildman–Crippen MR) is 138 cm³/mol. The van der Waals surface area contributed by atoms with Gasteiger partial charge in [-0.1, -0.05) is 20.8 Å². The molecule has 36 heavy (non-hydrogen) atoms. The first-order chi connectivity index (χ1) is 17.2. The van der Waals surface area contributed by atoms with Gasteiger partial charge < -0.3 is 14.6 Å². The monoisotopic (exact) mass is 494 g/mol. The second-order valence-corrected chi connectivity index (χ2v) is 13.3. The molecule has 2 N–H and O–H groups in total. The Balaban J connectivity index is 1.18. The van der Waals surface area contributed by atoms with Gasteiger partial charge in [-0.2, -0.15) is 0 Å². The van der Waals surface area contributed by atoms with Crippen LogP contribution >= 0.6 is 0 Å². The lowest BCUT2D eigenvalue weighted by Crippen LogP contribution is -2.58. The molecule has 10 atom stereocenters. The summed E-state index contributed by atoms with van der Waals surface area (Å²) in [5.74, 6) is 3.65. The molecule has 0 bridgehead atoms. The molecule has 0 radical (unpaired) electrons. The van der Waals surface area contributed by atoms with E-state index in [1.54, 1.807) is 12.3 Å². The maximum absolute atomic E-state index is 12.4. The van der Waals surface area contributed by atoms with E-state index in [1.165, 1.54) is 31.9 Å². The van der Waals surface area contributed by atoms with Crippen LogP contribution in [0.25, 0.3) is 10.9 Å². The number of aryl methyl sites for hydroxylation is 1. The molecule has 4 saturated carbocycles. The van der Waals surface area contributed by atoms with Crippen LogP contribution in [0.1, 0.15) is 84.4 Å². The average molecular weight is 495 g/mol. The third kappa shape index (κ3) is 3.77. The zero-order valence-corrected chi connectivity index (χ0v) is 22.0. The molecule has 0 saturated heterocycles. The van der Waals surface area contributed by atoms with Gasteiger partial charge in [0.15, 0.2) is 5.89 Å². The minimum atomic E-state index is -0.352. The van der Waals surface area contributed by atoms with Crippen LogP contribution < -0.4 is 5.63 Å². The van der Waals surface area contributed by atoms with Gasteiger partial charge >= 0.3 is 5.63 Å². The van der Waals surface area contributed by atoms with Crippen molar-refractivity contribution in [2.75, 3.05) is 0 Å². The Labute approximate surface area is 213 Å². The number of aliphatic hydroxyl groups excluding tert-OH is 2. The van der Waals surface area contributed by atoms with Crippen LogP contribution in [0.4, 0.5) is 0 Å². The van der Waals surface area contributed by atoms with E-state index < -0.39 is 0 Å². The molecular weight excluding hydrogens is 452 g/mol. The Hall–Kier alpha value is -1.79. The van der Waals surface area contributed by atoms with Crippen LogP contribution in [0.5, 0.6) is 0 Å². The molecule has 4 aliphatic rings. The third-order valence-corrected chi connectivity index (χ3v) is 11.7. The van der Waals surface area contributed by atoms with Crippen LogP contribution in [-0.4, -0.2) is 32.4 Å². The van der Waals surface area contributed by atoms with Crippen molar-refractivity contribution < 1.29 is 14.6 Å². The Kier molecular flexibility index (Phi) is 6.07. The fourth-order valence-electron chi connectivity index (χ4n) is 9.80. The van der Waals surface area contributed by atoms with Crippen LogP contribution in [0.15, 0.2) is 27.7 Å². The van der Waals surface area contributed by atoms with E-state index in [0.29, 0.717) is 58.7 Å². The first-order valence-corrected chi connectivity index (χ1v) is 14.3. The Morgan fingerprint density at radius 3 is 2.69 bits per heavy atom. The van der Waals surface area contributed by atoms with E-state index in [9.17, 15) is 15.0 Å². The number of pyridine rings is 1. The lowest BCUT2D eigenvalue weighted by Gasteiger charge is -2.62. The summed E-state index contributed by atoms with van der Waals surface area (Å²) < 4.78 is 5.53. The lowest BCUT2D eigenvalue weighted by atomic mass is 9.43. The summed E-state index contributed by atoms with van der Waals surface area (Å²) in [6, 6.07) is 1.77. The van der Waals surface area contributed by atoms with Crippen molar-refractivity contribution in [1.82, 2.24) is 9.97 Å². The number of hydrogen-bond acceptors (Lipinski definition) is 6. The van der Waals surface area contributed by atoms with Crippen LogP contribution in [0.3, 0.4) is 0 Å². The highest BCUT2D eigenvalue weighted by Crippen LogP contribution is 2.68. The van der Waals surface area contributed by atoms with E-state index in [-0.39, 0.29) is 28.7 Å². The Bertz CT molecular complexity index is 1180. The van der Waals surface area contributed by atoms with E-state index in [0.717, 1.165) is 32.1 Å². The summed E-state index contributed by atoms with van der Waals surface area (Å²) in [6.07, 6.45) is 13.0. The maximum atomic E-state index is 12.4. The molecule has 2 heterocycles. The SMILES string of the molecule is C[C@H](CCc1nc2ccncc2c(=O)o1)[C@H]1CC[C@H]2[C@H]3C(CC[C@]12C)[C@@]1(C)CC[C@@H](O)C[C@H]1C[C@@H]3O. The van der Waals surface area contributed by atoms with Crippen molar-refractivity contribution in [2.24, 2.45) is 46.3 Å². The molecule has 6 rings (SSSR count). The fraction of sp³-hybridized carbons (Fsp3) is 0.767. The molecule has 0 spiro atoms. The number of hydrogen-bond donors (Lipinski definition) is 2. The van der Waals surface area contributed by atoms with Gasteiger partial charge in [0.2, 0.25) is 0 Å². The quantitative estimate of drug-likeness (QED) is 0.611. The number of aromatic nitrogens is 2. The zero-order valence-electron chi connectivity index (χ0n) is 22.0. The summed E-state index contributed by atoms with van der Waals surface area (Å²) in [6.45, 7) is 7.35. The van der Waals surface area contributed by atoms with Gasteiger partial charge in [-0.3, -0.25) is 4.98 Å². The summed E-state index contributed by atoms with van der Waals surface area (Å²) >= 11 is 0. The highest BCUT2D eigenvalue weighted by atomic mass is 16.4. The smallest absolute Gasteiger partial charge is 0.348 e. The first kappa shape index (κ1) is 24.5. The molecule has 4 fully saturated rings. The fourth-order valence-corrected chi connectivity index (χ4v) is 9.80. The van der Waals surface area contributed by atoms with E-state index in [4.69, 9.17) is 4.42 Å². The highest BCUT2D eigenvalue weighted by Gasteiger charge is 2.62. The van der Waals surface area contributed by atoms with Crippen LogP contribution in [0.2, 0.25) is 0 Å². The van der Waals surface area contributed by atoms with Crippen molar-refractivity contribution in [3.8, 4) is 0 Å². The number of rotatable bonds is 4. The lowest BCUT2D eigenvalue weighted by molar-refractivity contribution is -0.174. The zero-order chi connectivity index (χ0) is 25.2.